The minimum absolute atomic E-state index is 0.126. The normalized spacial score (nSPS) is 15.9. The van der Waals surface area contributed by atoms with E-state index >= 15 is 0 Å². The van der Waals surface area contributed by atoms with Crippen molar-refractivity contribution in [1.29, 1.82) is 0 Å². The molecule has 0 aliphatic carbocycles. The van der Waals surface area contributed by atoms with Gasteiger partial charge in [0.25, 0.3) is 0 Å². The van der Waals surface area contributed by atoms with Gasteiger partial charge in [0.15, 0.2) is 0 Å². The van der Waals surface area contributed by atoms with Crippen molar-refractivity contribution < 1.29 is 17.5 Å². The van der Waals surface area contributed by atoms with Crippen LogP contribution in [0.4, 0.5) is 4.39 Å². The lowest BCUT2D eigenvalue weighted by Gasteiger charge is -2.33. The average Bonchev–Trinajstić information content (AvgIpc) is 3.23. The van der Waals surface area contributed by atoms with Gasteiger partial charge in [0.1, 0.15) is 16.6 Å². The number of thiazole rings is 1. The SMILES string of the molecule is COc1ccc(-c2csc(CN3CCN(S(=O)(=O)c4ccc(F)cc4)CC3)n2)cc1. The second kappa shape index (κ2) is 8.81. The Morgan fingerprint density at radius 2 is 1.70 bits per heavy atom. The van der Waals surface area contributed by atoms with Gasteiger partial charge in [-0.2, -0.15) is 4.31 Å². The quantitative estimate of drug-likeness (QED) is 0.579. The summed E-state index contributed by atoms with van der Waals surface area (Å²) in [6.45, 7) is 2.73. The first kappa shape index (κ1) is 20.9. The molecule has 0 spiro atoms. The Labute approximate surface area is 179 Å². The molecular weight excluding hydrogens is 425 g/mol. The molecule has 0 N–H and O–H groups in total. The number of hydrogen-bond donors (Lipinski definition) is 0. The monoisotopic (exact) mass is 447 g/mol. The number of piperazine rings is 1. The van der Waals surface area contributed by atoms with Crippen LogP contribution >= 0.6 is 11.3 Å². The summed E-state index contributed by atoms with van der Waals surface area (Å²) in [5.74, 6) is 0.360. The molecule has 1 aliphatic rings. The van der Waals surface area contributed by atoms with Crippen molar-refractivity contribution in [3.05, 3.63) is 64.7 Å². The lowest BCUT2D eigenvalue weighted by Crippen LogP contribution is -2.48. The molecule has 9 heteroatoms. The Morgan fingerprint density at radius 1 is 1.03 bits per heavy atom. The zero-order valence-electron chi connectivity index (χ0n) is 16.5. The molecule has 0 atom stereocenters. The predicted octanol–water partition coefficient (Wildman–Crippen LogP) is 3.46. The van der Waals surface area contributed by atoms with Crippen LogP contribution in [0.15, 0.2) is 58.8 Å². The van der Waals surface area contributed by atoms with Gasteiger partial charge in [-0.05, 0) is 48.5 Å². The van der Waals surface area contributed by atoms with E-state index in [0.29, 0.717) is 32.7 Å². The van der Waals surface area contributed by atoms with Gasteiger partial charge in [0, 0.05) is 37.1 Å². The Kier molecular flexibility index (Phi) is 6.14. The van der Waals surface area contributed by atoms with E-state index in [1.54, 1.807) is 18.4 Å². The predicted molar refractivity (Wildman–Crippen MR) is 115 cm³/mol. The fourth-order valence-electron chi connectivity index (χ4n) is 3.35. The fraction of sp³-hybridized carbons (Fsp3) is 0.286. The molecule has 2 heterocycles. The van der Waals surface area contributed by atoms with Gasteiger partial charge in [0.2, 0.25) is 10.0 Å². The molecule has 1 aliphatic heterocycles. The molecule has 30 heavy (non-hydrogen) atoms. The number of aromatic nitrogens is 1. The number of ether oxygens (including phenoxy) is 1. The molecule has 1 aromatic heterocycles. The van der Waals surface area contributed by atoms with Gasteiger partial charge in [-0.1, -0.05) is 0 Å². The summed E-state index contributed by atoms with van der Waals surface area (Å²) in [6, 6.07) is 12.8. The lowest BCUT2D eigenvalue weighted by molar-refractivity contribution is 0.181. The maximum absolute atomic E-state index is 13.1. The molecule has 6 nitrogen and oxygen atoms in total. The Hall–Kier alpha value is -2.33. The third kappa shape index (κ3) is 4.54. The van der Waals surface area contributed by atoms with Gasteiger partial charge < -0.3 is 4.74 Å². The highest BCUT2D eigenvalue weighted by molar-refractivity contribution is 7.89. The molecule has 0 unspecified atom stereocenters. The molecule has 158 valence electrons. The van der Waals surface area contributed by atoms with E-state index in [2.05, 4.69) is 4.90 Å². The summed E-state index contributed by atoms with van der Waals surface area (Å²) in [5, 5.41) is 3.03. The highest BCUT2D eigenvalue weighted by Crippen LogP contribution is 2.25. The van der Waals surface area contributed by atoms with E-state index in [9.17, 15) is 12.8 Å². The summed E-state index contributed by atoms with van der Waals surface area (Å²) in [6.07, 6.45) is 0. The fourth-order valence-corrected chi connectivity index (χ4v) is 5.62. The van der Waals surface area contributed by atoms with Crippen LogP contribution in [0, 0.1) is 5.82 Å². The topological polar surface area (TPSA) is 62.7 Å². The second-order valence-electron chi connectivity index (χ2n) is 6.99. The summed E-state index contributed by atoms with van der Waals surface area (Å²) >= 11 is 1.60. The van der Waals surface area contributed by atoms with Crippen molar-refractivity contribution in [2.75, 3.05) is 33.3 Å². The Balaban J connectivity index is 1.36. The number of benzene rings is 2. The van der Waals surface area contributed by atoms with Crippen molar-refractivity contribution in [3.63, 3.8) is 0 Å². The van der Waals surface area contributed by atoms with E-state index in [0.717, 1.165) is 22.0 Å². The number of rotatable bonds is 6. The van der Waals surface area contributed by atoms with Gasteiger partial charge in [-0.3, -0.25) is 4.90 Å². The molecule has 0 bridgehead atoms. The molecule has 0 radical (unpaired) electrons. The van der Waals surface area contributed by atoms with Crippen LogP contribution in [0.25, 0.3) is 11.3 Å². The molecule has 0 saturated carbocycles. The minimum Gasteiger partial charge on any atom is -0.497 e. The number of nitrogens with zero attached hydrogens (tertiary/aromatic N) is 3. The van der Waals surface area contributed by atoms with E-state index in [1.165, 1.54) is 28.6 Å². The van der Waals surface area contributed by atoms with Gasteiger partial charge in [-0.25, -0.2) is 17.8 Å². The first-order valence-corrected chi connectivity index (χ1v) is 11.8. The molecule has 3 aromatic rings. The van der Waals surface area contributed by atoms with Crippen molar-refractivity contribution in [2.45, 2.75) is 11.4 Å². The molecular formula is C21H22FN3O3S2. The van der Waals surface area contributed by atoms with Crippen molar-refractivity contribution in [3.8, 4) is 17.0 Å². The maximum Gasteiger partial charge on any atom is 0.243 e. The zero-order chi connectivity index (χ0) is 21.1. The summed E-state index contributed by atoms with van der Waals surface area (Å²) in [7, 11) is -1.96. The van der Waals surface area contributed by atoms with E-state index < -0.39 is 15.8 Å². The van der Waals surface area contributed by atoms with Crippen LogP contribution in [-0.4, -0.2) is 55.9 Å². The van der Waals surface area contributed by atoms with Crippen molar-refractivity contribution >= 4 is 21.4 Å². The second-order valence-corrected chi connectivity index (χ2v) is 9.87. The average molecular weight is 448 g/mol. The molecule has 4 rings (SSSR count). The van der Waals surface area contributed by atoms with Crippen LogP contribution in [-0.2, 0) is 16.6 Å². The van der Waals surface area contributed by atoms with Crippen LogP contribution in [0.1, 0.15) is 5.01 Å². The first-order valence-electron chi connectivity index (χ1n) is 9.52. The van der Waals surface area contributed by atoms with E-state index in [4.69, 9.17) is 9.72 Å². The molecule has 1 saturated heterocycles. The maximum atomic E-state index is 13.1. The number of sulfonamides is 1. The van der Waals surface area contributed by atoms with Gasteiger partial charge in [0.05, 0.1) is 24.2 Å². The lowest BCUT2D eigenvalue weighted by atomic mass is 10.2. The standard InChI is InChI=1S/C21H22FN3O3S2/c1-28-18-6-2-16(3-7-18)20-15-29-21(23-20)14-24-10-12-25(13-11-24)30(26,27)19-8-4-17(22)5-9-19/h2-9,15H,10-14H2,1H3. The molecule has 0 amide bonds. The summed E-state index contributed by atoms with van der Waals surface area (Å²) in [5.41, 5.74) is 1.96. The molecule has 1 fully saturated rings. The Bertz CT molecular complexity index is 1090. The molecule has 2 aromatic carbocycles. The number of halogens is 1. The third-order valence-electron chi connectivity index (χ3n) is 5.08. The number of methoxy groups -OCH3 is 1. The van der Waals surface area contributed by atoms with Crippen LogP contribution < -0.4 is 4.74 Å². The minimum atomic E-state index is -3.60. The Morgan fingerprint density at radius 3 is 2.33 bits per heavy atom. The highest BCUT2D eigenvalue weighted by Gasteiger charge is 2.28. The van der Waals surface area contributed by atoms with Crippen molar-refractivity contribution in [1.82, 2.24) is 14.2 Å². The van der Waals surface area contributed by atoms with Crippen LogP contribution in [0.5, 0.6) is 5.75 Å². The van der Waals surface area contributed by atoms with Crippen LogP contribution in [0.3, 0.4) is 0 Å². The first-order chi connectivity index (χ1) is 14.5. The number of hydrogen-bond acceptors (Lipinski definition) is 6. The van der Waals surface area contributed by atoms with Gasteiger partial charge in [-0.15, -0.1) is 11.3 Å². The highest BCUT2D eigenvalue weighted by atomic mass is 32.2. The van der Waals surface area contributed by atoms with Crippen LogP contribution in [0.2, 0.25) is 0 Å². The zero-order valence-corrected chi connectivity index (χ0v) is 18.1. The van der Waals surface area contributed by atoms with E-state index in [-0.39, 0.29) is 4.90 Å². The van der Waals surface area contributed by atoms with E-state index in [1.807, 2.05) is 29.6 Å². The summed E-state index contributed by atoms with van der Waals surface area (Å²) in [4.78, 5) is 7.05. The smallest absolute Gasteiger partial charge is 0.243 e. The third-order valence-corrected chi connectivity index (χ3v) is 7.83. The summed E-state index contributed by atoms with van der Waals surface area (Å²) < 4.78 is 45.2. The van der Waals surface area contributed by atoms with Crippen molar-refractivity contribution in [2.24, 2.45) is 0 Å². The van der Waals surface area contributed by atoms with Gasteiger partial charge >= 0.3 is 0 Å². The largest absolute Gasteiger partial charge is 0.497 e.